The van der Waals surface area contributed by atoms with Crippen molar-refractivity contribution in [2.75, 3.05) is 4.90 Å². The molecule has 3 aromatic rings. The van der Waals surface area contributed by atoms with Crippen LogP contribution < -0.4 is 4.90 Å². The predicted octanol–water partition coefficient (Wildman–Crippen LogP) is 4.99. The molecule has 0 spiro atoms. The number of nitrogens with zero attached hydrogens (tertiary/aromatic N) is 1. The minimum absolute atomic E-state index is 0.226. The number of amides is 1. The molecular formula is C23H17Cl2NO4. The smallest absolute Gasteiger partial charge is 0.264 e. The molecule has 7 heteroatoms. The van der Waals surface area contributed by atoms with Crippen LogP contribution in [0.2, 0.25) is 10.0 Å². The fraction of sp³-hybridized carbons (Fsp3) is 0.130. The highest BCUT2D eigenvalue weighted by Crippen LogP contribution is 2.44. The SMILES string of the molecule is O=C(/C=C/c1ccco1)C[C@]1(O)C(=O)N(Cc2ccc(Cl)cc2)c2ccc(Cl)cc21. The first-order chi connectivity index (χ1) is 14.4. The van der Waals surface area contributed by atoms with Crippen LogP contribution in [-0.4, -0.2) is 16.8 Å². The first-order valence-electron chi connectivity index (χ1n) is 9.20. The van der Waals surface area contributed by atoms with Crippen molar-refractivity contribution in [1.82, 2.24) is 0 Å². The van der Waals surface area contributed by atoms with Gasteiger partial charge in [-0.05, 0) is 60.2 Å². The second kappa shape index (κ2) is 8.11. The highest BCUT2D eigenvalue weighted by atomic mass is 35.5. The highest BCUT2D eigenvalue weighted by Gasteiger charge is 2.50. The van der Waals surface area contributed by atoms with Gasteiger partial charge in [0.15, 0.2) is 11.4 Å². The summed E-state index contributed by atoms with van der Waals surface area (Å²) >= 11 is 12.1. The maximum absolute atomic E-state index is 13.2. The van der Waals surface area contributed by atoms with Gasteiger partial charge in [-0.15, -0.1) is 0 Å². The van der Waals surface area contributed by atoms with Crippen molar-refractivity contribution in [2.45, 2.75) is 18.6 Å². The molecule has 0 aliphatic carbocycles. The van der Waals surface area contributed by atoms with Gasteiger partial charge in [0.1, 0.15) is 5.76 Å². The number of carbonyl (C=O) groups excluding carboxylic acids is 2. The lowest BCUT2D eigenvalue weighted by molar-refractivity contribution is -0.140. The van der Waals surface area contributed by atoms with E-state index in [0.717, 1.165) is 5.56 Å². The van der Waals surface area contributed by atoms with E-state index in [1.54, 1.807) is 48.5 Å². The Morgan fingerprint density at radius 2 is 1.83 bits per heavy atom. The van der Waals surface area contributed by atoms with E-state index in [4.69, 9.17) is 27.6 Å². The average Bonchev–Trinajstić information content (AvgIpc) is 3.30. The standard InChI is InChI=1S/C23H17Cl2NO4/c24-16-5-3-15(4-6-16)14-26-21-10-7-17(25)12-20(21)23(29,22(26)28)13-18(27)8-9-19-2-1-11-30-19/h1-12,29H,13-14H2/b9-8+/t23-/m1/s1. The number of furan rings is 1. The van der Waals surface area contributed by atoms with Crippen LogP contribution in [0.5, 0.6) is 0 Å². The van der Waals surface area contributed by atoms with Crippen LogP contribution in [0.4, 0.5) is 5.69 Å². The first-order valence-corrected chi connectivity index (χ1v) is 9.96. The van der Waals surface area contributed by atoms with Crippen molar-refractivity contribution in [3.05, 3.63) is 93.9 Å². The number of benzene rings is 2. The molecule has 1 aliphatic heterocycles. The van der Waals surface area contributed by atoms with Gasteiger partial charge in [0.05, 0.1) is 24.9 Å². The topological polar surface area (TPSA) is 70.7 Å². The Bertz CT molecular complexity index is 1120. The number of aliphatic hydroxyl groups is 1. The third-order valence-corrected chi connectivity index (χ3v) is 5.44. The molecule has 0 unspecified atom stereocenters. The maximum atomic E-state index is 13.2. The molecule has 0 radical (unpaired) electrons. The summed E-state index contributed by atoms with van der Waals surface area (Å²) in [6.45, 7) is 0.226. The van der Waals surface area contributed by atoms with E-state index in [9.17, 15) is 14.7 Å². The third kappa shape index (κ3) is 3.92. The molecule has 0 fully saturated rings. The van der Waals surface area contributed by atoms with E-state index >= 15 is 0 Å². The Balaban J connectivity index is 1.64. The lowest BCUT2D eigenvalue weighted by atomic mass is 9.90. The minimum Gasteiger partial charge on any atom is -0.465 e. The number of ketones is 1. The van der Waals surface area contributed by atoms with Gasteiger partial charge in [-0.1, -0.05) is 35.3 Å². The molecule has 2 heterocycles. The Morgan fingerprint density at radius 3 is 2.53 bits per heavy atom. The summed E-state index contributed by atoms with van der Waals surface area (Å²) in [6.07, 6.45) is 3.87. The van der Waals surface area contributed by atoms with E-state index in [1.807, 2.05) is 0 Å². The number of fused-ring (bicyclic) bond motifs is 1. The van der Waals surface area contributed by atoms with Gasteiger partial charge in [-0.25, -0.2) is 0 Å². The predicted molar refractivity (Wildman–Crippen MR) is 115 cm³/mol. The number of allylic oxidation sites excluding steroid dienone is 1. The van der Waals surface area contributed by atoms with Crippen molar-refractivity contribution < 1.29 is 19.1 Å². The number of rotatable bonds is 6. The normalized spacial score (nSPS) is 18.2. The number of halogens is 2. The monoisotopic (exact) mass is 441 g/mol. The van der Waals surface area contributed by atoms with E-state index in [-0.39, 0.29) is 6.54 Å². The van der Waals surface area contributed by atoms with Gasteiger partial charge >= 0.3 is 0 Å². The second-order valence-corrected chi connectivity index (χ2v) is 7.90. The van der Waals surface area contributed by atoms with Crippen LogP contribution in [0.25, 0.3) is 6.08 Å². The summed E-state index contributed by atoms with van der Waals surface area (Å²) in [5.74, 6) is -0.489. The van der Waals surface area contributed by atoms with E-state index < -0.39 is 23.7 Å². The van der Waals surface area contributed by atoms with Crippen LogP contribution in [0.1, 0.15) is 23.3 Å². The number of carbonyl (C=O) groups is 2. The fourth-order valence-corrected chi connectivity index (χ4v) is 3.79. The number of hydrogen-bond acceptors (Lipinski definition) is 4. The molecule has 4 rings (SSSR count). The molecular weight excluding hydrogens is 425 g/mol. The molecule has 1 aromatic heterocycles. The van der Waals surface area contributed by atoms with Crippen LogP contribution in [0.15, 0.2) is 71.4 Å². The van der Waals surface area contributed by atoms with E-state index in [0.29, 0.717) is 27.1 Å². The van der Waals surface area contributed by atoms with Crippen LogP contribution >= 0.6 is 23.2 Å². The summed E-state index contributed by atoms with van der Waals surface area (Å²) < 4.78 is 5.16. The highest BCUT2D eigenvalue weighted by molar-refractivity contribution is 6.31. The summed E-state index contributed by atoms with van der Waals surface area (Å²) in [4.78, 5) is 27.2. The number of hydrogen-bond donors (Lipinski definition) is 1. The fourth-order valence-electron chi connectivity index (χ4n) is 3.50. The molecule has 1 amide bonds. The molecule has 1 aliphatic rings. The summed E-state index contributed by atoms with van der Waals surface area (Å²) in [6, 6.07) is 15.3. The summed E-state index contributed by atoms with van der Waals surface area (Å²) in [5, 5.41) is 12.3. The zero-order valence-corrected chi connectivity index (χ0v) is 17.2. The Morgan fingerprint density at radius 1 is 1.10 bits per heavy atom. The summed E-state index contributed by atoms with van der Waals surface area (Å²) in [5.41, 5.74) is -0.336. The Kier molecular flexibility index (Phi) is 5.52. The quantitative estimate of drug-likeness (QED) is 0.546. The first kappa shape index (κ1) is 20.4. The van der Waals surface area contributed by atoms with Gasteiger partial charge in [0.2, 0.25) is 0 Å². The van der Waals surface area contributed by atoms with Gasteiger partial charge < -0.3 is 14.4 Å². The largest absolute Gasteiger partial charge is 0.465 e. The van der Waals surface area contributed by atoms with Crippen LogP contribution in [0, 0.1) is 0 Å². The lowest BCUT2D eigenvalue weighted by Gasteiger charge is -2.22. The molecule has 1 N–H and O–H groups in total. The third-order valence-electron chi connectivity index (χ3n) is 4.95. The summed E-state index contributed by atoms with van der Waals surface area (Å²) in [7, 11) is 0. The van der Waals surface area contributed by atoms with Crippen molar-refractivity contribution in [3.63, 3.8) is 0 Å². The molecule has 0 bridgehead atoms. The molecule has 1 atom stereocenters. The zero-order chi connectivity index (χ0) is 21.3. The molecule has 0 saturated heterocycles. The average molecular weight is 442 g/mol. The maximum Gasteiger partial charge on any atom is 0.264 e. The Labute approximate surface area is 183 Å². The Hall–Kier alpha value is -2.86. The van der Waals surface area contributed by atoms with E-state index in [1.165, 1.54) is 29.4 Å². The van der Waals surface area contributed by atoms with Gasteiger partial charge in [0, 0.05) is 15.6 Å². The lowest BCUT2D eigenvalue weighted by Crippen LogP contribution is -2.41. The van der Waals surface area contributed by atoms with Gasteiger partial charge in [-0.3, -0.25) is 9.59 Å². The van der Waals surface area contributed by atoms with Crippen LogP contribution in [0.3, 0.4) is 0 Å². The number of anilines is 1. The second-order valence-electron chi connectivity index (χ2n) is 7.03. The van der Waals surface area contributed by atoms with Crippen molar-refractivity contribution in [1.29, 1.82) is 0 Å². The molecule has 152 valence electrons. The molecule has 5 nitrogen and oxygen atoms in total. The van der Waals surface area contributed by atoms with Gasteiger partial charge in [-0.2, -0.15) is 0 Å². The molecule has 0 saturated carbocycles. The zero-order valence-electron chi connectivity index (χ0n) is 15.7. The van der Waals surface area contributed by atoms with Crippen molar-refractivity contribution >= 4 is 46.7 Å². The molecule has 30 heavy (non-hydrogen) atoms. The van der Waals surface area contributed by atoms with Crippen LogP contribution in [-0.2, 0) is 21.7 Å². The van der Waals surface area contributed by atoms with Crippen molar-refractivity contribution in [2.24, 2.45) is 0 Å². The van der Waals surface area contributed by atoms with E-state index in [2.05, 4.69) is 0 Å². The van der Waals surface area contributed by atoms with Crippen molar-refractivity contribution in [3.8, 4) is 0 Å². The molecule has 2 aromatic carbocycles. The minimum atomic E-state index is -2.00. The van der Waals surface area contributed by atoms with Gasteiger partial charge in [0.25, 0.3) is 5.91 Å².